The number of carbonyl (C=O) groups excluding carboxylic acids is 1. The molecular weight excluding hydrogens is 306 g/mol. The van der Waals surface area contributed by atoms with Crippen molar-refractivity contribution in [2.45, 2.75) is 38.8 Å². The lowest BCUT2D eigenvalue weighted by molar-refractivity contribution is -0.126. The van der Waals surface area contributed by atoms with Crippen molar-refractivity contribution < 1.29 is 9.90 Å². The summed E-state index contributed by atoms with van der Waals surface area (Å²) in [5.41, 5.74) is 0.815. The Bertz CT molecular complexity index is 442. The number of aliphatic hydroxyl groups is 1. The number of amides is 1. The highest BCUT2D eigenvalue weighted by Crippen LogP contribution is 2.36. The third-order valence-corrected chi connectivity index (χ3v) is 4.33. The summed E-state index contributed by atoms with van der Waals surface area (Å²) < 4.78 is 0.975. The average molecular weight is 326 g/mol. The molecule has 1 amide bonds. The van der Waals surface area contributed by atoms with Gasteiger partial charge in [-0.15, -0.1) is 0 Å². The molecule has 1 fully saturated rings. The van der Waals surface area contributed by atoms with Crippen LogP contribution in [0.1, 0.15) is 38.4 Å². The van der Waals surface area contributed by atoms with Gasteiger partial charge in [0.1, 0.15) is 0 Å². The summed E-state index contributed by atoms with van der Waals surface area (Å²) in [6.45, 7) is 3.80. The van der Waals surface area contributed by atoms with E-state index >= 15 is 0 Å². The van der Waals surface area contributed by atoms with Gasteiger partial charge in [-0.05, 0) is 43.4 Å². The topological polar surface area (TPSA) is 49.3 Å². The van der Waals surface area contributed by atoms with Gasteiger partial charge in [-0.25, -0.2) is 0 Å². The molecule has 0 aliphatic heterocycles. The zero-order chi connectivity index (χ0) is 14.0. The van der Waals surface area contributed by atoms with E-state index in [1.54, 1.807) is 0 Å². The van der Waals surface area contributed by atoms with Crippen molar-refractivity contribution in [2.24, 2.45) is 11.8 Å². The summed E-state index contributed by atoms with van der Waals surface area (Å²) in [5, 5.41) is 13.1. The van der Waals surface area contributed by atoms with Crippen LogP contribution in [-0.4, -0.2) is 17.1 Å². The predicted molar refractivity (Wildman–Crippen MR) is 78.6 cm³/mol. The van der Waals surface area contributed by atoms with Crippen LogP contribution in [0.25, 0.3) is 0 Å². The molecule has 2 N–H and O–H groups in total. The first-order valence-electron chi connectivity index (χ1n) is 6.73. The minimum atomic E-state index is -0.677. The van der Waals surface area contributed by atoms with Crippen molar-refractivity contribution >= 4 is 21.8 Å². The molecule has 0 radical (unpaired) electrons. The summed E-state index contributed by atoms with van der Waals surface area (Å²) in [6.07, 6.45) is 1.62. The molecule has 0 aromatic heterocycles. The van der Waals surface area contributed by atoms with Crippen LogP contribution in [-0.2, 0) is 4.79 Å². The highest BCUT2D eigenvalue weighted by atomic mass is 79.9. The van der Waals surface area contributed by atoms with E-state index < -0.39 is 6.10 Å². The van der Waals surface area contributed by atoms with Gasteiger partial charge in [-0.3, -0.25) is 4.79 Å². The number of aliphatic hydroxyl groups excluding tert-OH is 1. The Balaban J connectivity index is 1.92. The van der Waals surface area contributed by atoms with Gasteiger partial charge in [-0.2, -0.15) is 0 Å². The monoisotopic (exact) mass is 325 g/mol. The molecule has 19 heavy (non-hydrogen) atoms. The third-order valence-electron chi connectivity index (χ3n) is 3.80. The van der Waals surface area contributed by atoms with E-state index in [-0.39, 0.29) is 17.9 Å². The maximum atomic E-state index is 12.0. The Kier molecular flexibility index (Phi) is 4.63. The van der Waals surface area contributed by atoms with Crippen molar-refractivity contribution in [3.05, 3.63) is 34.3 Å². The van der Waals surface area contributed by atoms with Crippen molar-refractivity contribution in [3.8, 4) is 0 Å². The maximum absolute atomic E-state index is 12.0. The van der Waals surface area contributed by atoms with Gasteiger partial charge in [0.15, 0.2) is 0 Å². The molecule has 0 heterocycles. The van der Waals surface area contributed by atoms with Gasteiger partial charge in [0.05, 0.1) is 12.1 Å². The Morgan fingerprint density at radius 2 is 1.89 bits per heavy atom. The van der Waals surface area contributed by atoms with Gasteiger partial charge < -0.3 is 10.4 Å². The zero-order valence-corrected chi connectivity index (χ0v) is 12.9. The Hall–Kier alpha value is -0.870. The molecule has 3 nitrogen and oxygen atoms in total. The van der Waals surface area contributed by atoms with Crippen molar-refractivity contribution in [1.82, 2.24) is 5.32 Å². The number of hydrogen-bond donors (Lipinski definition) is 2. The Labute approximate surface area is 122 Å². The predicted octanol–water partition coefficient (Wildman–Crippen LogP) is 3.03. The van der Waals surface area contributed by atoms with Crippen molar-refractivity contribution in [1.29, 1.82) is 0 Å². The molecule has 0 spiro atoms. The van der Waals surface area contributed by atoms with E-state index in [1.807, 2.05) is 38.1 Å². The molecule has 4 heteroatoms. The van der Waals surface area contributed by atoms with E-state index in [9.17, 15) is 9.90 Å². The summed E-state index contributed by atoms with van der Waals surface area (Å²) in [4.78, 5) is 12.0. The standard InChI is InChI=1S/C15H20BrNO2/c1-9(11-3-4-11)15(19)17-10(2)14(18)12-5-7-13(16)8-6-12/h5-11,14,18H,3-4H2,1-2H3,(H,17,19). The summed E-state index contributed by atoms with van der Waals surface area (Å²) in [5.74, 6) is 0.641. The largest absolute Gasteiger partial charge is 0.386 e. The summed E-state index contributed by atoms with van der Waals surface area (Å²) in [6, 6.07) is 7.22. The number of nitrogens with one attached hydrogen (secondary N) is 1. The van der Waals surface area contributed by atoms with Gasteiger partial charge in [0.2, 0.25) is 5.91 Å². The molecule has 3 atom stereocenters. The van der Waals surface area contributed by atoms with E-state index in [4.69, 9.17) is 0 Å². The van der Waals surface area contributed by atoms with E-state index in [2.05, 4.69) is 21.2 Å². The highest BCUT2D eigenvalue weighted by molar-refractivity contribution is 9.10. The third kappa shape index (κ3) is 3.80. The molecule has 0 bridgehead atoms. The highest BCUT2D eigenvalue weighted by Gasteiger charge is 2.33. The molecular formula is C15H20BrNO2. The second-order valence-corrected chi connectivity index (χ2v) is 6.34. The fourth-order valence-corrected chi connectivity index (χ4v) is 2.46. The number of hydrogen-bond acceptors (Lipinski definition) is 2. The first kappa shape index (κ1) is 14.5. The molecule has 1 aliphatic rings. The smallest absolute Gasteiger partial charge is 0.223 e. The average Bonchev–Trinajstić information content (AvgIpc) is 3.22. The molecule has 1 aliphatic carbocycles. The van der Waals surface area contributed by atoms with Gasteiger partial charge in [0.25, 0.3) is 0 Å². The van der Waals surface area contributed by atoms with Crippen LogP contribution < -0.4 is 5.32 Å². The van der Waals surface area contributed by atoms with Gasteiger partial charge in [-0.1, -0.05) is 35.0 Å². The number of benzene rings is 1. The van der Waals surface area contributed by atoms with Crippen LogP contribution in [0, 0.1) is 11.8 Å². The molecule has 3 unspecified atom stereocenters. The van der Waals surface area contributed by atoms with Crippen molar-refractivity contribution in [3.63, 3.8) is 0 Å². The number of rotatable bonds is 5. The lowest BCUT2D eigenvalue weighted by atomic mass is 10.0. The second-order valence-electron chi connectivity index (χ2n) is 5.42. The first-order chi connectivity index (χ1) is 8.99. The molecule has 1 saturated carbocycles. The Morgan fingerprint density at radius 1 is 1.32 bits per heavy atom. The molecule has 1 aromatic rings. The van der Waals surface area contributed by atoms with Crippen LogP contribution in [0.15, 0.2) is 28.7 Å². The molecule has 104 valence electrons. The van der Waals surface area contributed by atoms with Gasteiger partial charge >= 0.3 is 0 Å². The summed E-state index contributed by atoms with van der Waals surface area (Å²) >= 11 is 3.36. The van der Waals surface area contributed by atoms with Crippen LogP contribution in [0.2, 0.25) is 0 Å². The summed E-state index contributed by atoms with van der Waals surface area (Å²) in [7, 11) is 0. The van der Waals surface area contributed by atoms with Crippen molar-refractivity contribution in [2.75, 3.05) is 0 Å². The normalized spacial score (nSPS) is 19.6. The fourth-order valence-electron chi connectivity index (χ4n) is 2.19. The first-order valence-corrected chi connectivity index (χ1v) is 7.52. The minimum absolute atomic E-state index is 0.0474. The van der Waals surface area contributed by atoms with E-state index in [0.717, 1.165) is 22.9 Å². The fraction of sp³-hybridized carbons (Fsp3) is 0.533. The number of halogens is 1. The lowest BCUT2D eigenvalue weighted by Gasteiger charge is -2.22. The quantitative estimate of drug-likeness (QED) is 0.874. The number of carbonyl (C=O) groups is 1. The lowest BCUT2D eigenvalue weighted by Crippen LogP contribution is -2.40. The molecule has 0 saturated heterocycles. The van der Waals surface area contributed by atoms with Gasteiger partial charge in [0, 0.05) is 10.4 Å². The molecule has 2 rings (SSSR count). The van der Waals surface area contributed by atoms with Crippen LogP contribution in [0.4, 0.5) is 0 Å². The minimum Gasteiger partial charge on any atom is -0.386 e. The SMILES string of the molecule is CC(NC(=O)C(C)C1CC1)C(O)c1ccc(Br)cc1. The van der Waals surface area contributed by atoms with Crippen LogP contribution >= 0.6 is 15.9 Å². The van der Waals surface area contributed by atoms with Crippen LogP contribution in [0.3, 0.4) is 0 Å². The van der Waals surface area contributed by atoms with E-state index in [1.165, 1.54) is 0 Å². The second kappa shape index (κ2) is 6.06. The maximum Gasteiger partial charge on any atom is 0.223 e. The van der Waals surface area contributed by atoms with Crippen LogP contribution in [0.5, 0.6) is 0 Å². The molecule has 1 aromatic carbocycles. The zero-order valence-electron chi connectivity index (χ0n) is 11.3. The van der Waals surface area contributed by atoms with E-state index in [0.29, 0.717) is 5.92 Å². The Morgan fingerprint density at radius 3 is 2.42 bits per heavy atom.